The molecule has 0 aliphatic carbocycles. The maximum atomic E-state index is 5.01. The Bertz CT molecular complexity index is 488. The molecule has 0 spiro atoms. The standard InChI is InChI=1S/C16H22N2O/c1-14-3-5-15(6-4-14)12-18-9-7-16(13-18)11-17-8-10-19-2/h3-7,9,13,17H,8,10-12H2,1-2H3. The third kappa shape index (κ3) is 4.54. The molecule has 2 rings (SSSR count). The largest absolute Gasteiger partial charge is 0.383 e. The molecule has 1 heterocycles. The number of aryl methyl sites for hydroxylation is 1. The van der Waals surface area contributed by atoms with Crippen LogP contribution in [0.15, 0.2) is 42.7 Å². The van der Waals surface area contributed by atoms with E-state index in [4.69, 9.17) is 4.74 Å². The molecular formula is C16H22N2O. The minimum atomic E-state index is 0.754. The second-order valence-electron chi connectivity index (χ2n) is 4.85. The smallest absolute Gasteiger partial charge is 0.0587 e. The van der Waals surface area contributed by atoms with Crippen molar-refractivity contribution < 1.29 is 4.74 Å². The van der Waals surface area contributed by atoms with Crippen molar-refractivity contribution in [2.24, 2.45) is 0 Å². The predicted molar refractivity (Wildman–Crippen MR) is 78.3 cm³/mol. The van der Waals surface area contributed by atoms with Crippen LogP contribution in [-0.4, -0.2) is 24.8 Å². The van der Waals surface area contributed by atoms with Crippen LogP contribution in [-0.2, 0) is 17.8 Å². The zero-order valence-corrected chi connectivity index (χ0v) is 11.7. The second-order valence-corrected chi connectivity index (χ2v) is 4.85. The summed E-state index contributed by atoms with van der Waals surface area (Å²) in [5, 5.41) is 3.35. The maximum Gasteiger partial charge on any atom is 0.0587 e. The number of nitrogens with one attached hydrogen (secondary N) is 1. The van der Waals surface area contributed by atoms with E-state index in [1.54, 1.807) is 7.11 Å². The van der Waals surface area contributed by atoms with Gasteiger partial charge in [-0.2, -0.15) is 0 Å². The third-order valence-electron chi connectivity index (χ3n) is 3.11. The molecule has 0 saturated carbocycles. The van der Waals surface area contributed by atoms with E-state index in [1.807, 2.05) is 0 Å². The molecule has 3 nitrogen and oxygen atoms in total. The molecular weight excluding hydrogens is 236 g/mol. The molecule has 1 N–H and O–H groups in total. The third-order valence-corrected chi connectivity index (χ3v) is 3.11. The fourth-order valence-electron chi connectivity index (χ4n) is 2.00. The van der Waals surface area contributed by atoms with Gasteiger partial charge in [-0.25, -0.2) is 0 Å². The van der Waals surface area contributed by atoms with Crippen LogP contribution in [0.25, 0.3) is 0 Å². The molecule has 0 fully saturated rings. The van der Waals surface area contributed by atoms with Gasteiger partial charge >= 0.3 is 0 Å². The monoisotopic (exact) mass is 258 g/mol. The molecule has 102 valence electrons. The van der Waals surface area contributed by atoms with Crippen LogP contribution in [0.4, 0.5) is 0 Å². The van der Waals surface area contributed by atoms with Gasteiger partial charge in [-0.05, 0) is 24.1 Å². The molecule has 0 bridgehead atoms. The molecule has 2 aromatic rings. The van der Waals surface area contributed by atoms with E-state index in [2.05, 4.69) is 59.5 Å². The molecule has 0 unspecified atom stereocenters. The lowest BCUT2D eigenvalue weighted by molar-refractivity contribution is 0.199. The molecule has 19 heavy (non-hydrogen) atoms. The van der Waals surface area contributed by atoms with Gasteiger partial charge in [0.2, 0.25) is 0 Å². The fourth-order valence-corrected chi connectivity index (χ4v) is 2.00. The van der Waals surface area contributed by atoms with E-state index in [-0.39, 0.29) is 0 Å². The molecule has 1 aromatic heterocycles. The highest BCUT2D eigenvalue weighted by Gasteiger charge is 1.98. The summed E-state index contributed by atoms with van der Waals surface area (Å²) in [6, 6.07) is 10.9. The highest BCUT2D eigenvalue weighted by atomic mass is 16.5. The van der Waals surface area contributed by atoms with Gasteiger partial charge in [-0.1, -0.05) is 29.8 Å². The topological polar surface area (TPSA) is 26.2 Å². The Balaban J connectivity index is 1.85. The molecule has 0 amide bonds. The summed E-state index contributed by atoms with van der Waals surface area (Å²) in [7, 11) is 1.72. The Kier molecular flexibility index (Phi) is 5.19. The first-order valence-corrected chi connectivity index (χ1v) is 6.68. The average Bonchev–Trinajstić information content (AvgIpc) is 2.85. The van der Waals surface area contributed by atoms with Crippen molar-refractivity contribution in [2.45, 2.75) is 20.0 Å². The SMILES string of the molecule is COCCNCc1ccn(Cc2ccc(C)cc2)c1. The van der Waals surface area contributed by atoms with Crippen molar-refractivity contribution >= 4 is 0 Å². The number of nitrogens with zero attached hydrogens (tertiary/aromatic N) is 1. The highest BCUT2D eigenvalue weighted by molar-refractivity contribution is 5.22. The Morgan fingerprint density at radius 2 is 1.89 bits per heavy atom. The first-order chi connectivity index (χ1) is 9.28. The van der Waals surface area contributed by atoms with Crippen LogP contribution in [0.1, 0.15) is 16.7 Å². The van der Waals surface area contributed by atoms with Gasteiger partial charge in [0.05, 0.1) is 6.61 Å². The Labute approximate surface area is 115 Å². The number of rotatable bonds is 7. The Morgan fingerprint density at radius 1 is 1.11 bits per heavy atom. The summed E-state index contributed by atoms with van der Waals surface area (Å²) in [6.07, 6.45) is 4.33. The highest BCUT2D eigenvalue weighted by Crippen LogP contribution is 2.08. The van der Waals surface area contributed by atoms with Crippen LogP contribution >= 0.6 is 0 Å². The van der Waals surface area contributed by atoms with Crippen LogP contribution in [0.5, 0.6) is 0 Å². The number of hydrogen-bond donors (Lipinski definition) is 1. The molecule has 0 aliphatic rings. The zero-order chi connectivity index (χ0) is 13.5. The minimum absolute atomic E-state index is 0.754. The van der Waals surface area contributed by atoms with Gasteiger partial charge in [0.25, 0.3) is 0 Å². The molecule has 1 aromatic carbocycles. The lowest BCUT2D eigenvalue weighted by atomic mass is 10.1. The number of ether oxygens (including phenoxy) is 1. The van der Waals surface area contributed by atoms with Crippen molar-refractivity contribution in [3.8, 4) is 0 Å². The van der Waals surface area contributed by atoms with E-state index >= 15 is 0 Å². The molecule has 0 aliphatic heterocycles. The average molecular weight is 258 g/mol. The van der Waals surface area contributed by atoms with Crippen LogP contribution in [0.3, 0.4) is 0 Å². The summed E-state index contributed by atoms with van der Waals surface area (Å²) in [5.74, 6) is 0. The van der Waals surface area contributed by atoms with Crippen LogP contribution < -0.4 is 5.32 Å². The van der Waals surface area contributed by atoms with Gasteiger partial charge in [0, 0.05) is 39.1 Å². The van der Waals surface area contributed by atoms with E-state index in [1.165, 1.54) is 16.7 Å². The first kappa shape index (κ1) is 13.8. The first-order valence-electron chi connectivity index (χ1n) is 6.68. The predicted octanol–water partition coefficient (Wildman–Crippen LogP) is 2.58. The Hall–Kier alpha value is -1.58. The van der Waals surface area contributed by atoms with Gasteiger partial charge in [-0.15, -0.1) is 0 Å². The maximum absolute atomic E-state index is 5.01. The lowest BCUT2D eigenvalue weighted by Crippen LogP contribution is -2.18. The Morgan fingerprint density at radius 3 is 2.63 bits per heavy atom. The summed E-state index contributed by atoms with van der Waals surface area (Å²) in [5.41, 5.74) is 3.95. The molecule has 0 radical (unpaired) electrons. The van der Waals surface area contributed by atoms with Crippen LogP contribution in [0, 0.1) is 6.92 Å². The second kappa shape index (κ2) is 7.12. The number of benzene rings is 1. The fraction of sp³-hybridized carbons (Fsp3) is 0.375. The number of methoxy groups -OCH3 is 1. The van der Waals surface area contributed by atoms with Gasteiger partial charge < -0.3 is 14.6 Å². The van der Waals surface area contributed by atoms with Crippen molar-refractivity contribution in [3.05, 3.63) is 59.4 Å². The van der Waals surface area contributed by atoms with Crippen molar-refractivity contribution in [1.29, 1.82) is 0 Å². The summed E-state index contributed by atoms with van der Waals surface area (Å²) >= 11 is 0. The zero-order valence-electron chi connectivity index (χ0n) is 11.7. The minimum Gasteiger partial charge on any atom is -0.383 e. The number of hydrogen-bond acceptors (Lipinski definition) is 2. The van der Waals surface area contributed by atoms with Gasteiger partial charge in [-0.3, -0.25) is 0 Å². The molecule has 0 saturated heterocycles. The van der Waals surface area contributed by atoms with E-state index in [9.17, 15) is 0 Å². The van der Waals surface area contributed by atoms with Gasteiger partial charge in [0.15, 0.2) is 0 Å². The number of aromatic nitrogens is 1. The summed E-state index contributed by atoms with van der Waals surface area (Å²) < 4.78 is 7.23. The van der Waals surface area contributed by atoms with Crippen molar-refractivity contribution in [3.63, 3.8) is 0 Å². The van der Waals surface area contributed by atoms with E-state index in [0.717, 1.165) is 26.2 Å². The lowest BCUT2D eigenvalue weighted by Gasteiger charge is -2.04. The van der Waals surface area contributed by atoms with Crippen molar-refractivity contribution in [2.75, 3.05) is 20.3 Å². The normalized spacial score (nSPS) is 10.8. The van der Waals surface area contributed by atoms with Gasteiger partial charge in [0.1, 0.15) is 0 Å². The van der Waals surface area contributed by atoms with Crippen molar-refractivity contribution in [1.82, 2.24) is 9.88 Å². The quantitative estimate of drug-likeness (QED) is 0.773. The van der Waals surface area contributed by atoms with E-state index < -0.39 is 0 Å². The molecule has 3 heteroatoms. The van der Waals surface area contributed by atoms with Crippen LogP contribution in [0.2, 0.25) is 0 Å². The summed E-state index contributed by atoms with van der Waals surface area (Å²) in [6.45, 7) is 5.58. The van der Waals surface area contributed by atoms with E-state index in [0.29, 0.717) is 0 Å². The molecule has 0 atom stereocenters. The summed E-state index contributed by atoms with van der Waals surface area (Å²) in [4.78, 5) is 0.